The Bertz CT molecular complexity index is 877. The zero-order valence-corrected chi connectivity index (χ0v) is 20.5. The van der Waals surface area contributed by atoms with Crippen LogP contribution in [0.15, 0.2) is 34.7 Å². The van der Waals surface area contributed by atoms with Gasteiger partial charge in [-0.2, -0.15) is 0 Å². The highest BCUT2D eigenvalue weighted by Gasteiger charge is 2.27. The molecule has 0 bridgehead atoms. The molecule has 2 amide bonds. The van der Waals surface area contributed by atoms with E-state index in [4.69, 9.17) is 5.11 Å². The Balaban J connectivity index is 1.55. The molecular weight excluding hydrogens is 442 g/mol. The molecule has 32 heavy (non-hydrogen) atoms. The van der Waals surface area contributed by atoms with Gasteiger partial charge in [0.05, 0.1) is 16.2 Å². The third-order valence-electron chi connectivity index (χ3n) is 5.96. The van der Waals surface area contributed by atoms with Crippen molar-refractivity contribution in [1.29, 1.82) is 0 Å². The number of rotatable bonds is 10. The molecule has 2 aromatic rings. The van der Waals surface area contributed by atoms with Crippen LogP contribution in [0.5, 0.6) is 0 Å². The molecule has 0 saturated heterocycles. The standard InChI is InChI=1S/C24H33N3O3S2/c1-17-6-10-19(11-7-17)5-3-4-14-27(20-12-8-18(2)9-13-20)24(30)26-23-25-15-22(32-23)31-16-21(28)29/h6-7,10-11,15,18,20H,3-5,8-9,12-14,16H2,1-2H3,(H,28,29)(H,25,26,30). The van der Waals surface area contributed by atoms with Gasteiger partial charge in [-0.05, 0) is 63.4 Å². The van der Waals surface area contributed by atoms with Gasteiger partial charge in [0.25, 0.3) is 0 Å². The first-order chi connectivity index (χ1) is 15.4. The number of carbonyl (C=O) groups is 2. The Hall–Kier alpha value is -2.06. The van der Waals surface area contributed by atoms with Gasteiger partial charge in [0.15, 0.2) is 5.13 Å². The first kappa shape index (κ1) is 24.6. The molecule has 8 heteroatoms. The number of nitrogens with zero attached hydrogens (tertiary/aromatic N) is 2. The number of carbonyl (C=O) groups excluding carboxylic acids is 1. The molecule has 1 fully saturated rings. The largest absolute Gasteiger partial charge is 0.481 e. The summed E-state index contributed by atoms with van der Waals surface area (Å²) in [6.07, 6.45) is 9.06. The topological polar surface area (TPSA) is 82.5 Å². The maximum Gasteiger partial charge on any atom is 0.323 e. The first-order valence-electron chi connectivity index (χ1n) is 11.3. The van der Waals surface area contributed by atoms with Gasteiger partial charge in [0.2, 0.25) is 0 Å². The summed E-state index contributed by atoms with van der Waals surface area (Å²) in [7, 11) is 0. The van der Waals surface area contributed by atoms with E-state index in [2.05, 4.69) is 48.4 Å². The number of nitrogens with one attached hydrogen (secondary N) is 1. The maximum absolute atomic E-state index is 13.2. The number of hydrogen-bond donors (Lipinski definition) is 2. The lowest BCUT2D eigenvalue weighted by molar-refractivity contribution is -0.133. The van der Waals surface area contributed by atoms with Gasteiger partial charge in [-0.1, -0.05) is 48.1 Å². The molecule has 1 saturated carbocycles. The third-order valence-corrected chi connectivity index (χ3v) is 8.05. The van der Waals surface area contributed by atoms with Crippen molar-refractivity contribution >= 4 is 40.2 Å². The van der Waals surface area contributed by atoms with Crippen LogP contribution in [-0.4, -0.2) is 45.3 Å². The smallest absolute Gasteiger partial charge is 0.323 e. The molecule has 1 aromatic carbocycles. The minimum absolute atomic E-state index is 0.0110. The summed E-state index contributed by atoms with van der Waals surface area (Å²) in [4.78, 5) is 30.2. The minimum Gasteiger partial charge on any atom is -0.481 e. The second kappa shape index (κ2) is 12.3. The van der Waals surface area contributed by atoms with E-state index in [0.717, 1.165) is 61.6 Å². The summed E-state index contributed by atoms with van der Waals surface area (Å²) >= 11 is 2.54. The molecule has 1 aliphatic carbocycles. The molecule has 0 atom stereocenters. The lowest BCUT2D eigenvalue weighted by atomic mass is 9.86. The Morgan fingerprint density at radius 2 is 1.91 bits per heavy atom. The number of thiazole rings is 1. The summed E-state index contributed by atoms with van der Waals surface area (Å²) in [5.41, 5.74) is 2.61. The molecular formula is C24H33N3O3S2. The summed E-state index contributed by atoms with van der Waals surface area (Å²) in [6, 6.07) is 8.84. The fraction of sp³-hybridized carbons (Fsp3) is 0.542. The Morgan fingerprint density at radius 1 is 1.19 bits per heavy atom. The lowest BCUT2D eigenvalue weighted by Crippen LogP contribution is -2.45. The Morgan fingerprint density at radius 3 is 2.59 bits per heavy atom. The number of aromatic nitrogens is 1. The summed E-state index contributed by atoms with van der Waals surface area (Å²) in [5.74, 6) is -0.147. The first-order valence-corrected chi connectivity index (χ1v) is 13.1. The van der Waals surface area contributed by atoms with Crippen LogP contribution in [0.2, 0.25) is 0 Å². The van der Waals surface area contributed by atoms with Gasteiger partial charge in [-0.25, -0.2) is 9.78 Å². The predicted molar refractivity (Wildman–Crippen MR) is 132 cm³/mol. The fourth-order valence-corrected chi connectivity index (χ4v) is 5.63. The summed E-state index contributed by atoms with van der Waals surface area (Å²) < 4.78 is 0.791. The minimum atomic E-state index is -0.864. The number of unbranched alkanes of at least 4 members (excludes halogenated alkanes) is 1. The van der Waals surface area contributed by atoms with Crippen molar-refractivity contribution in [2.24, 2.45) is 5.92 Å². The van der Waals surface area contributed by atoms with Crippen LogP contribution in [0, 0.1) is 12.8 Å². The monoisotopic (exact) mass is 475 g/mol. The number of carboxylic acids is 1. The predicted octanol–water partition coefficient (Wildman–Crippen LogP) is 6.06. The number of benzene rings is 1. The number of aryl methyl sites for hydroxylation is 2. The van der Waals surface area contributed by atoms with Crippen LogP contribution >= 0.6 is 23.1 Å². The van der Waals surface area contributed by atoms with Crippen molar-refractivity contribution in [2.75, 3.05) is 17.6 Å². The average Bonchev–Trinajstić information content (AvgIpc) is 3.21. The van der Waals surface area contributed by atoms with Crippen LogP contribution < -0.4 is 5.32 Å². The number of amides is 2. The average molecular weight is 476 g/mol. The van der Waals surface area contributed by atoms with Gasteiger partial charge in [0, 0.05) is 12.6 Å². The SMILES string of the molecule is Cc1ccc(CCCCN(C(=O)Nc2ncc(SCC(=O)O)s2)C2CCC(C)CC2)cc1. The molecule has 1 heterocycles. The number of anilines is 1. The molecule has 6 nitrogen and oxygen atoms in total. The molecule has 3 rings (SSSR count). The Kier molecular flexibility index (Phi) is 9.41. The number of hydrogen-bond acceptors (Lipinski definition) is 5. The van der Waals surface area contributed by atoms with E-state index in [0.29, 0.717) is 5.13 Å². The van der Waals surface area contributed by atoms with Crippen LogP contribution in [-0.2, 0) is 11.2 Å². The van der Waals surface area contributed by atoms with Crippen molar-refractivity contribution in [3.63, 3.8) is 0 Å². The van der Waals surface area contributed by atoms with Crippen molar-refractivity contribution in [2.45, 2.75) is 69.0 Å². The summed E-state index contributed by atoms with van der Waals surface area (Å²) in [6.45, 7) is 5.12. The molecule has 0 spiro atoms. The van der Waals surface area contributed by atoms with Crippen LogP contribution in [0.1, 0.15) is 56.6 Å². The molecule has 1 aromatic heterocycles. The zero-order chi connectivity index (χ0) is 22.9. The van der Waals surface area contributed by atoms with Crippen LogP contribution in [0.25, 0.3) is 0 Å². The van der Waals surface area contributed by atoms with Gasteiger partial charge < -0.3 is 10.0 Å². The fourth-order valence-electron chi connectivity index (χ4n) is 4.05. The molecule has 174 valence electrons. The van der Waals surface area contributed by atoms with Crippen LogP contribution in [0.4, 0.5) is 9.93 Å². The highest BCUT2D eigenvalue weighted by atomic mass is 32.2. The number of aliphatic carboxylic acids is 1. The van der Waals surface area contributed by atoms with Crippen LogP contribution in [0.3, 0.4) is 0 Å². The van der Waals surface area contributed by atoms with E-state index in [-0.39, 0.29) is 17.8 Å². The lowest BCUT2D eigenvalue weighted by Gasteiger charge is -2.36. The van der Waals surface area contributed by atoms with Crippen molar-refractivity contribution in [3.8, 4) is 0 Å². The van der Waals surface area contributed by atoms with Crippen molar-refractivity contribution in [1.82, 2.24) is 9.88 Å². The Labute approximate surface area is 198 Å². The highest BCUT2D eigenvalue weighted by molar-refractivity contribution is 8.01. The second-order valence-electron chi connectivity index (χ2n) is 8.65. The van der Waals surface area contributed by atoms with Gasteiger partial charge in [-0.3, -0.25) is 10.1 Å². The van der Waals surface area contributed by atoms with E-state index >= 15 is 0 Å². The molecule has 1 aliphatic rings. The third kappa shape index (κ3) is 7.81. The number of thioether (sulfide) groups is 1. The van der Waals surface area contributed by atoms with Gasteiger partial charge in [0.1, 0.15) is 0 Å². The number of carboxylic acid groups (broad SMARTS) is 1. The molecule has 0 aliphatic heterocycles. The molecule has 2 N–H and O–H groups in total. The molecule has 0 radical (unpaired) electrons. The van der Waals surface area contributed by atoms with Crippen molar-refractivity contribution in [3.05, 3.63) is 41.6 Å². The highest BCUT2D eigenvalue weighted by Crippen LogP contribution is 2.30. The summed E-state index contributed by atoms with van der Waals surface area (Å²) in [5, 5.41) is 12.3. The van der Waals surface area contributed by atoms with Gasteiger partial charge >= 0.3 is 12.0 Å². The van der Waals surface area contributed by atoms with E-state index in [1.807, 2.05) is 4.90 Å². The molecule has 0 unspecified atom stereocenters. The van der Waals surface area contributed by atoms with E-state index in [1.54, 1.807) is 6.20 Å². The zero-order valence-electron chi connectivity index (χ0n) is 18.9. The number of urea groups is 1. The van der Waals surface area contributed by atoms with E-state index < -0.39 is 5.97 Å². The van der Waals surface area contributed by atoms with E-state index in [9.17, 15) is 9.59 Å². The second-order valence-corrected chi connectivity index (χ2v) is 11.0. The van der Waals surface area contributed by atoms with Gasteiger partial charge in [-0.15, -0.1) is 11.8 Å². The normalized spacial score (nSPS) is 18.3. The van der Waals surface area contributed by atoms with Crippen molar-refractivity contribution < 1.29 is 14.7 Å². The quantitative estimate of drug-likeness (QED) is 0.322. The maximum atomic E-state index is 13.2. The van der Waals surface area contributed by atoms with E-state index in [1.165, 1.54) is 34.2 Å².